The predicted molar refractivity (Wildman–Crippen MR) is 226 cm³/mol. The van der Waals surface area contributed by atoms with Crippen molar-refractivity contribution >= 4 is 17.7 Å². The third kappa shape index (κ3) is 40.4. The van der Waals surface area contributed by atoms with Crippen molar-refractivity contribution in [1.29, 1.82) is 0 Å². The number of carbonyl (C=O) groups excluding carboxylic acids is 3. The Labute approximate surface area is 436 Å². The quantitative estimate of drug-likeness (QED) is 0.336. The largest absolute Gasteiger partial charge is 1.00 e. The van der Waals surface area contributed by atoms with E-state index in [0.717, 1.165) is 19.5 Å². The molecule has 3 saturated heterocycles. The Morgan fingerprint density at radius 2 is 1.37 bits per heavy atom. The number of hydrogen-bond acceptors (Lipinski definition) is 6. The van der Waals surface area contributed by atoms with Crippen LogP contribution in [0.5, 0.6) is 0 Å². The number of allylic oxidation sites excluding steroid dienone is 1. The number of nitrogens with one attached hydrogen (secondary N) is 4. The molecule has 0 aromatic rings. The topological polar surface area (TPSA) is 131 Å². The first-order chi connectivity index (χ1) is 24.1. The van der Waals surface area contributed by atoms with E-state index in [1.54, 1.807) is 20.8 Å². The van der Waals surface area contributed by atoms with Gasteiger partial charge in [-0.1, -0.05) is 114 Å². The first-order valence-corrected chi connectivity index (χ1v) is 19.3. The number of amides is 3. The number of likely N-dealkylation sites (tertiary alicyclic amines) is 1. The van der Waals surface area contributed by atoms with E-state index >= 15 is 0 Å². The van der Waals surface area contributed by atoms with Crippen molar-refractivity contribution < 1.29 is 134 Å². The van der Waals surface area contributed by atoms with Gasteiger partial charge in [0.2, 0.25) is 17.7 Å². The zero-order chi connectivity index (χ0) is 43.6. The summed E-state index contributed by atoms with van der Waals surface area (Å²) in [6.07, 6.45) is 4.12. The fourth-order valence-corrected chi connectivity index (χ4v) is 5.14. The van der Waals surface area contributed by atoms with Crippen molar-refractivity contribution in [2.45, 2.75) is 167 Å². The smallest absolute Gasteiger partial charge is 0.665 e. The third-order valence-electron chi connectivity index (χ3n) is 7.11. The Kier molecular flexibility index (Phi) is 33.9. The van der Waals surface area contributed by atoms with Crippen LogP contribution in [0.15, 0.2) is 12.3 Å². The van der Waals surface area contributed by atoms with Crippen LogP contribution in [0, 0.1) is 21.7 Å². The summed E-state index contributed by atoms with van der Waals surface area (Å²) in [5.41, 5.74) is 1.73. The molecule has 54 heavy (non-hydrogen) atoms. The van der Waals surface area contributed by atoms with E-state index in [0.29, 0.717) is 28.8 Å². The van der Waals surface area contributed by atoms with Crippen molar-refractivity contribution in [2.75, 3.05) is 53.3 Å². The summed E-state index contributed by atoms with van der Waals surface area (Å²) in [4.78, 5) is 34.7. The van der Waals surface area contributed by atoms with E-state index in [9.17, 15) is 14.4 Å². The molecule has 3 fully saturated rings. The van der Waals surface area contributed by atoms with Crippen LogP contribution >= 0.6 is 0 Å². The normalized spacial score (nSPS) is 18.3. The van der Waals surface area contributed by atoms with Gasteiger partial charge >= 0.3 is 116 Å². The molecular formula is C42H87N7O3Rb2. The Balaban J connectivity index is -0.000000193. The molecule has 0 radical (unpaired) electrons. The number of carbonyl (C=O) groups is 3. The second-order valence-corrected chi connectivity index (χ2v) is 19.5. The maximum absolute atomic E-state index is 10.9. The van der Waals surface area contributed by atoms with E-state index in [1.807, 2.05) is 41.7 Å². The molecule has 0 aromatic carbocycles. The van der Waals surface area contributed by atoms with Gasteiger partial charge in [0.15, 0.2) is 0 Å². The molecule has 3 aliphatic rings. The average molecular weight is 911 g/mol. The summed E-state index contributed by atoms with van der Waals surface area (Å²) >= 11 is 0. The van der Waals surface area contributed by atoms with E-state index in [4.69, 9.17) is 2.74 Å². The first-order valence-electron chi connectivity index (χ1n) is 20.3. The summed E-state index contributed by atoms with van der Waals surface area (Å²) in [5, 5.41) is 19.7. The number of hydrogen-bond donors (Lipinski definition) is 4. The molecule has 1 atom stereocenters. The molecular weight excluding hydrogens is 821 g/mol. The molecule has 3 aliphatic heterocycles. The van der Waals surface area contributed by atoms with Crippen LogP contribution in [0.25, 0.3) is 10.6 Å². The van der Waals surface area contributed by atoms with Gasteiger partial charge in [0.25, 0.3) is 0 Å². The van der Waals surface area contributed by atoms with E-state index in [1.165, 1.54) is 52.1 Å². The molecule has 310 valence electrons. The Hall–Kier alpha value is 1.60. The Morgan fingerprint density at radius 3 is 1.59 bits per heavy atom. The van der Waals surface area contributed by atoms with Gasteiger partial charge in [-0.25, -0.2) is 0 Å². The zero-order valence-corrected chi connectivity index (χ0v) is 49.5. The number of rotatable bonds is 5. The molecule has 3 heterocycles. The first kappa shape index (κ1) is 59.9. The van der Waals surface area contributed by atoms with Crippen molar-refractivity contribution in [2.24, 2.45) is 21.7 Å². The molecule has 3 amide bonds. The number of imide groups is 1. The maximum atomic E-state index is 10.9. The summed E-state index contributed by atoms with van der Waals surface area (Å²) in [5.74, 6) is -0.351. The van der Waals surface area contributed by atoms with Gasteiger partial charge in [-0.2, -0.15) is 14.1 Å². The minimum atomic E-state index is -1.40. The standard InChI is InChI=1S/C12H22N2.C9H18N2O.C7H13NO2.2C6H14N.C2H6.2Rb/c1-10-5-6-12(13-10)8-14(9-12)7-11(2,3)4;1-9(2,3)10-6-7-4-5-8(12)11-7;1-5(9)8-6(10)7(2,3)4;2*1-6(2,3)5-7-4;1-2;;/h13H,1,5-9H2,2-4H3;7,10H,4-6H2,1-3H3,(H,11,12);1-4H3,(H,8,9,10);2*5H2,1-4H3;1-2H3;;/q;;;2*-1;;2*+1/i;;;5D2;;;;. The SMILES string of the molecule is C=C1CCC2(CN(CC(C)(C)C)C2)N1.CC.CC(=O)NC(=O)C(C)(C)C.CC(C)(C)NCC1CCC(=O)N1.C[N-]CC(C)(C)C.[2H]C([2H])([N-]C)C(C)(C)C.[Rb+].[Rb+]. The van der Waals surface area contributed by atoms with Crippen LogP contribution in [-0.4, -0.2) is 93.1 Å². The number of nitrogens with zero attached hydrogens (tertiary/aromatic N) is 3. The van der Waals surface area contributed by atoms with Crippen molar-refractivity contribution in [1.82, 2.24) is 26.2 Å². The Morgan fingerprint density at radius 1 is 0.870 bits per heavy atom. The maximum Gasteiger partial charge on any atom is 1.00 e. The summed E-state index contributed by atoms with van der Waals surface area (Å²) in [6.45, 7) is 44.0. The van der Waals surface area contributed by atoms with Crippen molar-refractivity contribution in [3.05, 3.63) is 22.9 Å². The molecule has 0 aliphatic carbocycles. The van der Waals surface area contributed by atoms with E-state index in [2.05, 4.69) is 106 Å². The Bertz CT molecular complexity index is 1120. The van der Waals surface area contributed by atoms with Gasteiger partial charge in [-0.15, -0.1) is 13.0 Å². The second kappa shape index (κ2) is 30.6. The van der Waals surface area contributed by atoms with Gasteiger partial charge in [0.05, 0.1) is 5.54 Å². The molecule has 3 rings (SSSR count). The van der Waals surface area contributed by atoms with Gasteiger partial charge < -0.3 is 26.6 Å². The molecule has 4 N–H and O–H groups in total. The van der Waals surface area contributed by atoms with Gasteiger partial charge in [0.1, 0.15) is 0 Å². The third-order valence-corrected chi connectivity index (χ3v) is 7.11. The fourth-order valence-electron chi connectivity index (χ4n) is 5.14. The zero-order valence-electron chi connectivity index (χ0n) is 41.7. The van der Waals surface area contributed by atoms with Crippen LogP contribution in [0.1, 0.15) is 153 Å². The average Bonchev–Trinajstić information content (AvgIpc) is 3.56. The molecule has 0 aromatic heterocycles. The van der Waals surface area contributed by atoms with Crippen LogP contribution in [0.3, 0.4) is 0 Å². The molecule has 0 saturated carbocycles. The van der Waals surface area contributed by atoms with Gasteiger partial charge in [-0.05, 0) is 45.4 Å². The van der Waals surface area contributed by atoms with Gasteiger partial charge in [0, 0.05) is 65.0 Å². The molecule has 12 heteroatoms. The van der Waals surface area contributed by atoms with Crippen LogP contribution in [0.2, 0.25) is 0 Å². The summed E-state index contributed by atoms with van der Waals surface area (Å²) < 4.78 is 14.7. The molecule has 1 unspecified atom stereocenters. The van der Waals surface area contributed by atoms with Crippen LogP contribution < -0.4 is 138 Å². The summed E-state index contributed by atoms with van der Waals surface area (Å²) in [7, 11) is 3.36. The van der Waals surface area contributed by atoms with E-state index in [-0.39, 0.29) is 145 Å². The van der Waals surface area contributed by atoms with E-state index < -0.39 is 11.9 Å². The fraction of sp³-hybridized carbons (Fsp3) is 0.881. The molecule has 0 bridgehead atoms. The van der Waals surface area contributed by atoms with Gasteiger partial charge in [-0.3, -0.25) is 24.6 Å². The summed E-state index contributed by atoms with van der Waals surface area (Å²) in [6, 6.07) is 0.344. The predicted octanol–water partition coefficient (Wildman–Crippen LogP) is 2.44. The van der Waals surface area contributed by atoms with Crippen molar-refractivity contribution in [3.8, 4) is 0 Å². The minimum absolute atomic E-state index is 0. The van der Waals surface area contributed by atoms with Crippen LogP contribution in [-0.2, 0) is 14.4 Å². The van der Waals surface area contributed by atoms with Crippen LogP contribution in [0.4, 0.5) is 0 Å². The van der Waals surface area contributed by atoms with Crippen molar-refractivity contribution in [3.63, 3.8) is 0 Å². The minimum Gasteiger partial charge on any atom is -0.665 e. The monoisotopic (exact) mass is 910 g/mol. The molecule has 1 spiro atoms. The molecule has 10 nitrogen and oxygen atoms in total. The second-order valence-electron chi connectivity index (χ2n) is 19.5.